The summed E-state index contributed by atoms with van der Waals surface area (Å²) in [6.45, 7) is 11.1. The van der Waals surface area contributed by atoms with Gasteiger partial charge in [-0.25, -0.2) is 29.1 Å². The third-order valence-electron chi connectivity index (χ3n) is 6.77. The molecule has 4 heterocycles. The molecule has 59 heavy (non-hydrogen) atoms. The van der Waals surface area contributed by atoms with Gasteiger partial charge < -0.3 is 41.7 Å². The number of rotatable bonds is 16. The van der Waals surface area contributed by atoms with Crippen molar-refractivity contribution in [2.75, 3.05) is 58.1 Å². The Labute approximate surface area is 343 Å². The molecular weight excluding hydrogens is 765 g/mol. The second-order valence-electron chi connectivity index (χ2n) is 12.7. The van der Waals surface area contributed by atoms with Crippen molar-refractivity contribution in [3.05, 3.63) is 72.6 Å². The summed E-state index contributed by atoms with van der Waals surface area (Å²) >= 11 is 0. The van der Waals surface area contributed by atoms with E-state index in [1.807, 2.05) is 13.8 Å². The van der Waals surface area contributed by atoms with Crippen LogP contribution in [-0.4, -0.2) is 96.8 Å². The van der Waals surface area contributed by atoms with Gasteiger partial charge >= 0.3 is 24.1 Å². The molecular formula is C38H56N14O7. The van der Waals surface area contributed by atoms with Crippen LogP contribution in [0.15, 0.2) is 61.4 Å². The summed E-state index contributed by atoms with van der Waals surface area (Å²) in [4.78, 5) is 83.4. The highest BCUT2D eigenvalue weighted by molar-refractivity contribution is 6.01. The van der Waals surface area contributed by atoms with Gasteiger partial charge in [-0.05, 0) is 64.3 Å². The molecule has 0 bridgehead atoms. The summed E-state index contributed by atoms with van der Waals surface area (Å²) in [5, 5.41) is 30.7. The highest BCUT2D eigenvalue weighted by Gasteiger charge is 2.18. The first-order chi connectivity index (χ1) is 27.3. The highest BCUT2D eigenvalue weighted by Crippen LogP contribution is 2.16. The Morgan fingerprint density at radius 2 is 1.08 bits per heavy atom. The van der Waals surface area contributed by atoms with Crippen molar-refractivity contribution >= 4 is 64.9 Å². The van der Waals surface area contributed by atoms with Crippen LogP contribution in [0.4, 0.5) is 49.3 Å². The largest absolute Gasteiger partial charge is 0.477 e. The number of hydrogen-bond donors (Lipinski definition) is 9. The number of aromatic nitrogens is 6. The van der Waals surface area contributed by atoms with Crippen molar-refractivity contribution in [1.82, 2.24) is 40.5 Å². The van der Waals surface area contributed by atoms with Gasteiger partial charge in [0.2, 0.25) is 11.9 Å². The zero-order valence-corrected chi connectivity index (χ0v) is 32.3. The number of hydrogen-bond acceptors (Lipinski definition) is 14. The number of carbonyl (C=O) groups excluding carboxylic acids is 4. The molecule has 4 rings (SSSR count). The Balaban J connectivity index is 0.000000610. The van der Waals surface area contributed by atoms with Gasteiger partial charge in [0.1, 0.15) is 28.4 Å². The molecule has 0 aliphatic heterocycles. The Kier molecular flexibility index (Phi) is 21.8. The van der Waals surface area contributed by atoms with E-state index in [0.717, 1.165) is 19.0 Å². The molecule has 9 N–H and O–H groups in total. The van der Waals surface area contributed by atoms with E-state index in [0.29, 0.717) is 49.8 Å². The van der Waals surface area contributed by atoms with Crippen molar-refractivity contribution < 1.29 is 33.8 Å². The maximum Gasteiger partial charge on any atom is 0.407 e. The Hall–Kier alpha value is -7.19. The lowest BCUT2D eigenvalue weighted by atomic mass is 10.2. The van der Waals surface area contributed by atoms with Crippen LogP contribution < -0.4 is 42.5 Å². The summed E-state index contributed by atoms with van der Waals surface area (Å²) < 4.78 is 5.16. The Morgan fingerprint density at radius 3 is 1.53 bits per heavy atom. The Bertz CT molecular complexity index is 1930. The van der Waals surface area contributed by atoms with Crippen LogP contribution in [-0.2, 0) is 4.74 Å². The number of anilines is 6. The predicted molar refractivity (Wildman–Crippen MR) is 227 cm³/mol. The average molecular weight is 821 g/mol. The smallest absolute Gasteiger partial charge is 0.407 e. The number of aromatic carboxylic acids is 1. The molecule has 0 spiro atoms. The lowest BCUT2D eigenvalue weighted by Gasteiger charge is -2.19. The van der Waals surface area contributed by atoms with Crippen molar-refractivity contribution in [2.24, 2.45) is 0 Å². The van der Waals surface area contributed by atoms with Gasteiger partial charge in [-0.15, -0.1) is 0 Å². The fraction of sp³-hybridized carbons (Fsp3) is 0.395. The molecule has 0 atom stereocenters. The van der Waals surface area contributed by atoms with E-state index in [-0.39, 0.29) is 49.6 Å². The number of alkyl carbamates (subject to hydrolysis) is 1. The molecule has 0 saturated carbocycles. The maximum absolute atomic E-state index is 12.6. The predicted octanol–water partition coefficient (Wildman–Crippen LogP) is 6.29. The number of nitrogens with one attached hydrogen (secondary N) is 8. The van der Waals surface area contributed by atoms with Gasteiger partial charge in [-0.3, -0.25) is 25.4 Å². The molecule has 0 aliphatic rings. The van der Waals surface area contributed by atoms with E-state index >= 15 is 0 Å². The van der Waals surface area contributed by atoms with Crippen LogP contribution in [0.3, 0.4) is 0 Å². The standard InChI is InChI=1S/C22H32N8O4.C14H16N6O3.2CH4/c1-5-9-24-17-16(18(31)25-10-6-11-26-21(33)34-22(2,3)4)14-27-19(29-17)30-20(32)28-15-7-12-23-13-8-15;1-2-5-16-11-10(12(21)22)8-17-13(19-11)20-14(23)18-9-3-6-15-7-4-9;;/h7-8,12-14H,5-6,9-11H2,1-4H3,(H,25,31)(H,26,33)(H3,23,24,27,28,29,30,32);3-4,6-8H,2,5H2,1H3,(H,21,22)(H3,15,16,17,18,19,20,23);2*1H4. The van der Waals surface area contributed by atoms with Gasteiger partial charge in [0.25, 0.3) is 5.91 Å². The molecule has 21 nitrogen and oxygen atoms in total. The van der Waals surface area contributed by atoms with E-state index in [1.54, 1.807) is 69.8 Å². The number of carboxylic acid groups (broad SMARTS) is 1. The van der Waals surface area contributed by atoms with E-state index in [2.05, 4.69) is 72.4 Å². The summed E-state index contributed by atoms with van der Waals surface area (Å²) in [5.74, 6) is -1.00. The molecule has 0 aliphatic carbocycles. The molecule has 21 heteroatoms. The summed E-state index contributed by atoms with van der Waals surface area (Å²) in [5.41, 5.74) is 0.742. The molecule has 4 aromatic heterocycles. The molecule has 0 radical (unpaired) electrons. The number of urea groups is 2. The zero-order chi connectivity index (χ0) is 41.6. The normalized spacial score (nSPS) is 10.1. The van der Waals surface area contributed by atoms with Crippen LogP contribution in [0.5, 0.6) is 0 Å². The molecule has 6 amide bonds. The third-order valence-corrected chi connectivity index (χ3v) is 6.77. The van der Waals surface area contributed by atoms with Gasteiger partial charge in [0.15, 0.2) is 0 Å². The van der Waals surface area contributed by atoms with Crippen molar-refractivity contribution in [1.29, 1.82) is 0 Å². The van der Waals surface area contributed by atoms with Crippen molar-refractivity contribution in [3.63, 3.8) is 0 Å². The zero-order valence-electron chi connectivity index (χ0n) is 32.3. The maximum atomic E-state index is 12.6. The summed E-state index contributed by atoms with van der Waals surface area (Å²) in [6.07, 6.45) is 10.3. The van der Waals surface area contributed by atoms with Crippen molar-refractivity contribution in [2.45, 2.75) is 74.3 Å². The Morgan fingerprint density at radius 1 is 0.644 bits per heavy atom. The second kappa shape index (κ2) is 25.9. The van der Waals surface area contributed by atoms with Gasteiger partial charge in [0, 0.05) is 74.7 Å². The number of nitrogens with zero attached hydrogens (tertiary/aromatic N) is 6. The topological polar surface area (TPSA) is 288 Å². The number of ether oxygens (including phenoxy) is 1. The summed E-state index contributed by atoms with van der Waals surface area (Å²) in [7, 11) is 0. The SMILES string of the molecule is C.C.CCCNc1nc(NC(=O)Nc2ccncc2)ncc1C(=O)NCCCNC(=O)OC(C)(C)C.CCCNc1nc(NC(=O)Nc2ccncc2)ncc1C(=O)O. The quantitative estimate of drug-likeness (QED) is 0.0561. The molecule has 0 fully saturated rings. The monoisotopic (exact) mass is 820 g/mol. The lowest BCUT2D eigenvalue weighted by Crippen LogP contribution is -2.34. The minimum Gasteiger partial charge on any atom is -0.477 e. The average Bonchev–Trinajstić information content (AvgIpc) is 3.16. The fourth-order valence-corrected chi connectivity index (χ4v) is 4.25. The number of pyridine rings is 2. The first-order valence-corrected chi connectivity index (χ1v) is 17.9. The van der Waals surface area contributed by atoms with E-state index in [9.17, 15) is 24.0 Å². The van der Waals surface area contributed by atoms with E-state index in [1.165, 1.54) is 6.20 Å². The fourth-order valence-electron chi connectivity index (χ4n) is 4.25. The first kappa shape index (κ1) is 49.8. The van der Waals surface area contributed by atoms with Crippen LogP contribution in [0, 0.1) is 0 Å². The number of carbonyl (C=O) groups is 5. The molecule has 320 valence electrons. The highest BCUT2D eigenvalue weighted by atomic mass is 16.6. The molecule has 0 saturated heterocycles. The minimum atomic E-state index is -1.14. The second-order valence-corrected chi connectivity index (χ2v) is 12.7. The van der Waals surface area contributed by atoms with Crippen molar-refractivity contribution in [3.8, 4) is 0 Å². The van der Waals surface area contributed by atoms with Crippen LogP contribution in [0.25, 0.3) is 0 Å². The first-order valence-electron chi connectivity index (χ1n) is 17.9. The van der Waals surface area contributed by atoms with Gasteiger partial charge in [-0.1, -0.05) is 28.7 Å². The van der Waals surface area contributed by atoms with Crippen LogP contribution >= 0.6 is 0 Å². The third kappa shape index (κ3) is 19.0. The molecule has 0 unspecified atom stereocenters. The van der Waals surface area contributed by atoms with Gasteiger partial charge in [0.05, 0.1) is 0 Å². The summed E-state index contributed by atoms with van der Waals surface area (Å²) in [6, 6.07) is 5.48. The molecule has 0 aromatic carbocycles. The van der Waals surface area contributed by atoms with E-state index < -0.39 is 29.7 Å². The lowest BCUT2D eigenvalue weighted by molar-refractivity contribution is 0.0526. The molecule has 4 aromatic rings. The number of amides is 6. The minimum absolute atomic E-state index is 0. The van der Waals surface area contributed by atoms with Gasteiger partial charge in [-0.2, -0.15) is 9.97 Å². The van der Waals surface area contributed by atoms with Crippen LogP contribution in [0.2, 0.25) is 0 Å². The van der Waals surface area contributed by atoms with E-state index in [4.69, 9.17) is 9.84 Å². The van der Waals surface area contributed by atoms with Crippen LogP contribution in [0.1, 0.15) is 89.5 Å². The number of carboxylic acids is 1.